The number of hydrogen-bond acceptors (Lipinski definition) is 6. The summed E-state index contributed by atoms with van der Waals surface area (Å²) in [5, 5.41) is 4.17. The third-order valence-corrected chi connectivity index (χ3v) is 5.19. The predicted octanol–water partition coefficient (Wildman–Crippen LogP) is 2.92. The Bertz CT molecular complexity index is 1210. The van der Waals surface area contributed by atoms with Gasteiger partial charge in [-0.3, -0.25) is 9.48 Å². The first-order valence-corrected chi connectivity index (χ1v) is 9.36. The minimum atomic E-state index is -4.61. The Hall–Kier alpha value is -3.15. The van der Waals surface area contributed by atoms with Crippen LogP contribution < -0.4 is 10.5 Å². The fourth-order valence-corrected chi connectivity index (χ4v) is 3.92. The number of hydrogen-bond donors (Lipinski definition) is 2. The van der Waals surface area contributed by atoms with Crippen LogP contribution in [0.3, 0.4) is 0 Å². The average Bonchev–Trinajstić information content (AvgIpc) is 3.33. The van der Waals surface area contributed by atoms with Crippen molar-refractivity contribution < 1.29 is 13.2 Å². The molecular formula is C17H16F3N7OS. The number of halogens is 3. The van der Waals surface area contributed by atoms with Gasteiger partial charge in [0, 0.05) is 42.6 Å². The fraction of sp³-hybridized carbons (Fsp3) is 0.294. The summed E-state index contributed by atoms with van der Waals surface area (Å²) >= 11 is 1.35. The van der Waals surface area contributed by atoms with Crippen LogP contribution in [0.15, 0.2) is 29.5 Å². The molecule has 4 aromatic heterocycles. The molecule has 0 atom stereocenters. The van der Waals surface area contributed by atoms with Gasteiger partial charge in [-0.2, -0.15) is 18.3 Å². The van der Waals surface area contributed by atoms with Crippen LogP contribution >= 0.6 is 11.3 Å². The molecule has 2 N–H and O–H groups in total. The number of H-pyrrole nitrogens is 2. The van der Waals surface area contributed by atoms with Crippen LogP contribution in [0.2, 0.25) is 0 Å². The molecule has 4 aromatic rings. The first-order chi connectivity index (χ1) is 13.7. The number of nitrogens with zero attached hydrogens (tertiary/aromatic N) is 5. The van der Waals surface area contributed by atoms with E-state index >= 15 is 0 Å². The van der Waals surface area contributed by atoms with Crippen LogP contribution in [-0.2, 0) is 19.3 Å². The molecule has 0 bridgehead atoms. The minimum Gasteiger partial charge on any atom is -0.341 e. The molecule has 4 rings (SSSR count). The van der Waals surface area contributed by atoms with Crippen molar-refractivity contribution in [3.8, 4) is 0 Å². The summed E-state index contributed by atoms with van der Waals surface area (Å²) in [7, 11) is 1.63. The van der Waals surface area contributed by atoms with Gasteiger partial charge in [-0.1, -0.05) is 0 Å². The lowest BCUT2D eigenvalue weighted by atomic mass is 10.2. The van der Waals surface area contributed by atoms with E-state index in [4.69, 9.17) is 0 Å². The Labute approximate surface area is 166 Å². The number of imidazole rings is 1. The lowest BCUT2D eigenvalue weighted by Crippen LogP contribution is -2.20. The second kappa shape index (κ2) is 7.03. The van der Waals surface area contributed by atoms with Crippen molar-refractivity contribution in [1.82, 2.24) is 29.7 Å². The Morgan fingerprint density at radius 2 is 2.14 bits per heavy atom. The van der Waals surface area contributed by atoms with Crippen molar-refractivity contribution in [2.75, 3.05) is 11.9 Å². The van der Waals surface area contributed by atoms with E-state index in [-0.39, 0.29) is 30.0 Å². The molecule has 0 radical (unpaired) electrons. The van der Waals surface area contributed by atoms with E-state index in [1.54, 1.807) is 24.2 Å². The van der Waals surface area contributed by atoms with E-state index in [9.17, 15) is 18.0 Å². The van der Waals surface area contributed by atoms with Crippen molar-refractivity contribution in [2.24, 2.45) is 0 Å². The van der Waals surface area contributed by atoms with E-state index in [0.29, 0.717) is 16.2 Å². The first kappa shape index (κ1) is 19.2. The number of anilines is 1. The molecule has 152 valence electrons. The van der Waals surface area contributed by atoms with Gasteiger partial charge in [0.2, 0.25) is 5.95 Å². The molecular weight excluding hydrogens is 407 g/mol. The summed E-state index contributed by atoms with van der Waals surface area (Å²) in [6, 6.07) is 1.73. The summed E-state index contributed by atoms with van der Waals surface area (Å²) in [4.78, 5) is 29.1. The molecule has 0 aliphatic carbocycles. The number of thiophene rings is 1. The maximum absolute atomic E-state index is 13.5. The van der Waals surface area contributed by atoms with Crippen molar-refractivity contribution in [3.05, 3.63) is 57.0 Å². The van der Waals surface area contributed by atoms with Gasteiger partial charge in [0.05, 0.1) is 11.9 Å². The summed E-state index contributed by atoms with van der Waals surface area (Å²) in [5.74, 6) is 0.682. The predicted molar refractivity (Wildman–Crippen MR) is 102 cm³/mol. The first-order valence-electron chi connectivity index (χ1n) is 8.54. The fourth-order valence-electron chi connectivity index (χ4n) is 3.02. The van der Waals surface area contributed by atoms with E-state index < -0.39 is 11.9 Å². The molecule has 0 aliphatic rings. The number of aromatic nitrogens is 6. The number of alkyl halides is 3. The molecule has 4 heterocycles. The highest BCUT2D eigenvalue weighted by Gasteiger charge is 2.37. The number of rotatable bonds is 5. The van der Waals surface area contributed by atoms with Gasteiger partial charge >= 0.3 is 6.18 Å². The SMILES string of the molecule is Cc1cc2c(=O)[nH]c(Cn3cc(CN(C)c4ncc[nH]4)c(C(F)(F)F)n3)nc2s1. The lowest BCUT2D eigenvalue weighted by molar-refractivity contribution is -0.142. The maximum atomic E-state index is 13.5. The summed E-state index contributed by atoms with van der Waals surface area (Å²) in [5.41, 5.74) is -1.31. The van der Waals surface area contributed by atoms with Crippen LogP contribution in [0, 0.1) is 6.92 Å². The number of nitrogens with one attached hydrogen (secondary N) is 2. The number of aromatic amines is 2. The Balaban J connectivity index is 1.66. The van der Waals surface area contributed by atoms with Gasteiger partial charge in [-0.25, -0.2) is 9.97 Å². The van der Waals surface area contributed by atoms with Crippen molar-refractivity contribution in [2.45, 2.75) is 26.2 Å². The normalized spacial score (nSPS) is 12.0. The second-order valence-electron chi connectivity index (χ2n) is 6.56. The molecule has 0 saturated carbocycles. The topological polar surface area (TPSA) is 95.5 Å². The zero-order valence-electron chi connectivity index (χ0n) is 15.4. The van der Waals surface area contributed by atoms with Crippen molar-refractivity contribution in [1.29, 1.82) is 0 Å². The average molecular weight is 423 g/mol. The highest BCUT2D eigenvalue weighted by atomic mass is 32.1. The van der Waals surface area contributed by atoms with Gasteiger partial charge in [0.25, 0.3) is 5.56 Å². The van der Waals surface area contributed by atoms with E-state index in [0.717, 1.165) is 9.56 Å². The molecule has 0 spiro atoms. The van der Waals surface area contributed by atoms with Gasteiger partial charge in [0.15, 0.2) is 5.69 Å². The summed E-state index contributed by atoms with van der Waals surface area (Å²) in [6.07, 6.45) is -0.193. The van der Waals surface area contributed by atoms with E-state index in [2.05, 4.69) is 25.0 Å². The third-order valence-electron chi connectivity index (χ3n) is 4.25. The highest BCUT2D eigenvalue weighted by molar-refractivity contribution is 7.18. The molecule has 12 heteroatoms. The molecule has 0 amide bonds. The van der Waals surface area contributed by atoms with Gasteiger partial charge in [-0.15, -0.1) is 11.3 Å². The minimum absolute atomic E-state index is 0.00760. The molecule has 0 aliphatic heterocycles. The van der Waals surface area contributed by atoms with Gasteiger partial charge in [-0.05, 0) is 13.0 Å². The zero-order chi connectivity index (χ0) is 20.8. The second-order valence-corrected chi connectivity index (χ2v) is 7.79. The molecule has 29 heavy (non-hydrogen) atoms. The molecule has 0 unspecified atom stereocenters. The number of fused-ring (bicyclic) bond motifs is 1. The zero-order valence-corrected chi connectivity index (χ0v) is 16.2. The molecule has 0 fully saturated rings. The van der Waals surface area contributed by atoms with E-state index in [1.165, 1.54) is 23.7 Å². The third kappa shape index (κ3) is 3.88. The maximum Gasteiger partial charge on any atom is 0.435 e. The Kier molecular flexibility index (Phi) is 4.65. The van der Waals surface area contributed by atoms with Gasteiger partial charge in [0.1, 0.15) is 10.7 Å². The van der Waals surface area contributed by atoms with Crippen molar-refractivity contribution >= 4 is 27.5 Å². The highest BCUT2D eigenvalue weighted by Crippen LogP contribution is 2.31. The number of aryl methyl sites for hydroxylation is 1. The smallest absolute Gasteiger partial charge is 0.341 e. The van der Waals surface area contributed by atoms with E-state index in [1.807, 2.05) is 6.92 Å². The lowest BCUT2D eigenvalue weighted by Gasteiger charge is -2.16. The van der Waals surface area contributed by atoms with Crippen LogP contribution in [0.25, 0.3) is 10.2 Å². The monoisotopic (exact) mass is 423 g/mol. The molecule has 0 saturated heterocycles. The molecule has 0 aromatic carbocycles. The van der Waals surface area contributed by atoms with Crippen LogP contribution in [-0.4, -0.2) is 36.8 Å². The Morgan fingerprint density at radius 3 is 2.83 bits per heavy atom. The van der Waals surface area contributed by atoms with Crippen molar-refractivity contribution in [3.63, 3.8) is 0 Å². The van der Waals surface area contributed by atoms with Crippen LogP contribution in [0.1, 0.15) is 22.0 Å². The summed E-state index contributed by atoms with van der Waals surface area (Å²) < 4.78 is 41.6. The standard InChI is InChI=1S/C17H16F3N7OS/c1-9-5-11-14(28)23-12(24-15(11)29-9)8-27-7-10(13(25-27)17(18,19)20)6-26(2)16-21-3-4-22-16/h3-5,7H,6,8H2,1-2H3,(H,21,22)(H,23,24,28). The largest absolute Gasteiger partial charge is 0.435 e. The summed E-state index contributed by atoms with van der Waals surface area (Å²) in [6.45, 7) is 1.72. The molecule has 8 nitrogen and oxygen atoms in total. The van der Waals surface area contributed by atoms with Crippen LogP contribution in [0.5, 0.6) is 0 Å². The van der Waals surface area contributed by atoms with Crippen LogP contribution in [0.4, 0.5) is 19.1 Å². The van der Waals surface area contributed by atoms with Gasteiger partial charge < -0.3 is 14.9 Å². The quantitative estimate of drug-likeness (QED) is 0.515. The Morgan fingerprint density at radius 1 is 1.34 bits per heavy atom.